The SMILES string of the molecule is CN(C)c1ccc(C[P+](c2ccccc2)(c2ccccc2)c2ccccc2)cc1.[Cl-]. The number of hydrogen-bond donors (Lipinski definition) is 0. The Hall–Kier alpha value is -2.60. The maximum absolute atomic E-state index is 2.31. The number of rotatable bonds is 6. The number of halogens is 1. The van der Waals surface area contributed by atoms with Gasteiger partial charge in [-0.3, -0.25) is 0 Å². The Morgan fingerprint density at radius 1 is 0.533 bits per heavy atom. The van der Waals surface area contributed by atoms with Crippen LogP contribution in [0.2, 0.25) is 0 Å². The summed E-state index contributed by atoms with van der Waals surface area (Å²) in [5.74, 6) is 0. The zero-order valence-corrected chi connectivity index (χ0v) is 19.1. The van der Waals surface area contributed by atoms with Gasteiger partial charge in [-0.05, 0) is 54.1 Å². The summed E-state index contributed by atoms with van der Waals surface area (Å²) in [4.78, 5) is 2.15. The molecule has 0 fully saturated rings. The molecule has 4 aromatic carbocycles. The van der Waals surface area contributed by atoms with Crippen molar-refractivity contribution < 1.29 is 12.4 Å². The first-order valence-corrected chi connectivity index (χ1v) is 12.0. The molecule has 0 heterocycles. The highest BCUT2D eigenvalue weighted by molar-refractivity contribution is 7.95. The Labute approximate surface area is 187 Å². The molecule has 0 saturated heterocycles. The van der Waals surface area contributed by atoms with E-state index in [1.807, 2.05) is 0 Å². The molecule has 0 saturated carbocycles. The van der Waals surface area contributed by atoms with Crippen LogP contribution >= 0.6 is 7.26 Å². The van der Waals surface area contributed by atoms with Crippen molar-refractivity contribution in [2.24, 2.45) is 0 Å². The van der Waals surface area contributed by atoms with Crippen molar-refractivity contribution in [2.75, 3.05) is 19.0 Å². The van der Waals surface area contributed by atoms with E-state index in [2.05, 4.69) is 134 Å². The molecular weight excluding hydrogens is 405 g/mol. The second-order valence-electron chi connectivity index (χ2n) is 7.54. The quantitative estimate of drug-likeness (QED) is 0.423. The van der Waals surface area contributed by atoms with Gasteiger partial charge >= 0.3 is 0 Å². The first-order valence-electron chi connectivity index (χ1n) is 10.0. The third kappa shape index (κ3) is 4.43. The summed E-state index contributed by atoms with van der Waals surface area (Å²) >= 11 is 0. The van der Waals surface area contributed by atoms with Gasteiger partial charge in [-0.25, -0.2) is 0 Å². The highest BCUT2D eigenvalue weighted by Gasteiger charge is 2.45. The van der Waals surface area contributed by atoms with Crippen LogP contribution in [0.5, 0.6) is 0 Å². The van der Waals surface area contributed by atoms with Crippen molar-refractivity contribution in [2.45, 2.75) is 6.16 Å². The maximum atomic E-state index is 2.31. The molecule has 0 atom stereocenters. The van der Waals surface area contributed by atoms with E-state index in [-0.39, 0.29) is 12.4 Å². The Morgan fingerprint density at radius 3 is 1.23 bits per heavy atom. The average molecular weight is 432 g/mol. The second-order valence-corrected chi connectivity index (χ2v) is 11.0. The lowest BCUT2D eigenvalue weighted by atomic mass is 10.2. The van der Waals surface area contributed by atoms with E-state index in [1.54, 1.807) is 0 Å². The number of hydrogen-bond acceptors (Lipinski definition) is 1. The first-order chi connectivity index (χ1) is 14.2. The van der Waals surface area contributed by atoms with Gasteiger partial charge in [0.25, 0.3) is 0 Å². The maximum Gasteiger partial charge on any atom is 0.116 e. The summed E-state index contributed by atoms with van der Waals surface area (Å²) < 4.78 is 0. The van der Waals surface area contributed by atoms with E-state index in [9.17, 15) is 0 Å². The normalized spacial score (nSPS) is 10.9. The fraction of sp³-hybridized carbons (Fsp3) is 0.111. The zero-order chi connectivity index (χ0) is 20.1. The summed E-state index contributed by atoms with van der Waals surface area (Å²) in [6.07, 6.45) is 1.01. The van der Waals surface area contributed by atoms with E-state index in [1.165, 1.54) is 27.2 Å². The molecule has 4 aromatic rings. The lowest BCUT2D eigenvalue weighted by Crippen LogP contribution is -3.00. The van der Waals surface area contributed by atoms with Crippen LogP contribution in [0.25, 0.3) is 0 Å². The van der Waals surface area contributed by atoms with E-state index < -0.39 is 7.26 Å². The van der Waals surface area contributed by atoms with Gasteiger partial charge in [0.15, 0.2) is 0 Å². The summed E-state index contributed by atoms with van der Waals surface area (Å²) in [6.45, 7) is 0. The van der Waals surface area contributed by atoms with Gasteiger partial charge in [-0.1, -0.05) is 66.7 Å². The predicted octanol–water partition coefficient (Wildman–Crippen LogP) is 2.25. The molecule has 3 heteroatoms. The monoisotopic (exact) mass is 431 g/mol. The first kappa shape index (κ1) is 22.1. The smallest absolute Gasteiger partial charge is 0.116 e. The van der Waals surface area contributed by atoms with E-state index in [0.717, 1.165) is 6.16 Å². The van der Waals surface area contributed by atoms with Crippen molar-refractivity contribution in [1.29, 1.82) is 0 Å². The van der Waals surface area contributed by atoms with Crippen LogP contribution in [0.15, 0.2) is 115 Å². The molecule has 0 bridgehead atoms. The van der Waals surface area contributed by atoms with Crippen molar-refractivity contribution in [3.8, 4) is 0 Å². The molecule has 0 radical (unpaired) electrons. The van der Waals surface area contributed by atoms with Crippen LogP contribution in [0, 0.1) is 0 Å². The molecule has 152 valence electrons. The summed E-state index contributed by atoms with van der Waals surface area (Å²) in [6, 6.07) is 42.2. The second kappa shape index (κ2) is 9.94. The van der Waals surface area contributed by atoms with Gasteiger partial charge in [0.2, 0.25) is 0 Å². The number of nitrogens with zero attached hydrogens (tertiary/aromatic N) is 1. The predicted molar refractivity (Wildman–Crippen MR) is 130 cm³/mol. The molecule has 30 heavy (non-hydrogen) atoms. The van der Waals surface area contributed by atoms with Crippen molar-refractivity contribution in [3.05, 3.63) is 121 Å². The molecule has 0 spiro atoms. The van der Waals surface area contributed by atoms with Gasteiger partial charge in [0.05, 0.1) is 6.16 Å². The minimum absolute atomic E-state index is 0. The standard InChI is InChI=1S/C27H27NP.ClH/c1-28(2)24-20-18-23(19-21-24)22-29(25-12-6-3-7-13-25,26-14-8-4-9-15-26)27-16-10-5-11-17-27;/h3-21H,22H2,1-2H3;1H/q+1;/p-1. The molecule has 0 N–H and O–H groups in total. The summed E-state index contributed by atoms with van der Waals surface area (Å²) in [5.41, 5.74) is 2.61. The van der Waals surface area contributed by atoms with Gasteiger partial charge < -0.3 is 17.3 Å². The van der Waals surface area contributed by atoms with Gasteiger partial charge in [0.1, 0.15) is 23.2 Å². The Bertz CT molecular complexity index is 936. The lowest BCUT2D eigenvalue weighted by molar-refractivity contribution is -0.00000573. The molecular formula is C27H27ClNP. The average Bonchev–Trinajstić information content (AvgIpc) is 2.79. The molecule has 0 aliphatic heterocycles. The summed E-state index contributed by atoms with van der Waals surface area (Å²) in [5, 5.41) is 4.28. The Kier molecular flexibility index (Phi) is 7.32. The molecule has 4 rings (SSSR count). The third-order valence-corrected chi connectivity index (χ3v) is 9.84. The highest BCUT2D eigenvalue weighted by atomic mass is 35.5. The minimum atomic E-state index is -1.83. The number of benzene rings is 4. The fourth-order valence-electron chi connectivity index (χ4n) is 3.94. The van der Waals surface area contributed by atoms with Crippen LogP contribution in [-0.2, 0) is 6.16 Å². The molecule has 0 aliphatic carbocycles. The minimum Gasteiger partial charge on any atom is -1.00 e. The van der Waals surface area contributed by atoms with E-state index in [4.69, 9.17) is 0 Å². The van der Waals surface area contributed by atoms with Gasteiger partial charge in [-0.2, -0.15) is 0 Å². The van der Waals surface area contributed by atoms with Crippen LogP contribution in [-0.4, -0.2) is 14.1 Å². The van der Waals surface area contributed by atoms with Crippen molar-refractivity contribution >= 4 is 28.9 Å². The molecule has 0 amide bonds. The topological polar surface area (TPSA) is 3.24 Å². The Morgan fingerprint density at radius 2 is 0.900 bits per heavy atom. The van der Waals surface area contributed by atoms with Crippen molar-refractivity contribution in [1.82, 2.24) is 0 Å². The third-order valence-electron chi connectivity index (χ3n) is 5.46. The fourth-order valence-corrected chi connectivity index (χ4v) is 8.19. The van der Waals surface area contributed by atoms with Crippen LogP contribution < -0.4 is 33.2 Å². The number of anilines is 1. The van der Waals surface area contributed by atoms with Crippen LogP contribution in [0.3, 0.4) is 0 Å². The largest absolute Gasteiger partial charge is 1.00 e. The molecule has 0 aromatic heterocycles. The van der Waals surface area contributed by atoms with Crippen LogP contribution in [0.4, 0.5) is 5.69 Å². The van der Waals surface area contributed by atoms with Gasteiger partial charge in [-0.15, -0.1) is 0 Å². The molecule has 0 aliphatic rings. The summed E-state index contributed by atoms with van der Waals surface area (Å²) in [7, 11) is 2.35. The lowest BCUT2D eigenvalue weighted by Gasteiger charge is -2.28. The zero-order valence-electron chi connectivity index (χ0n) is 17.4. The highest BCUT2D eigenvalue weighted by Crippen LogP contribution is 2.58. The van der Waals surface area contributed by atoms with Gasteiger partial charge in [0, 0.05) is 19.8 Å². The van der Waals surface area contributed by atoms with E-state index in [0.29, 0.717) is 0 Å². The Balaban J connectivity index is 0.00000256. The molecule has 0 unspecified atom stereocenters. The van der Waals surface area contributed by atoms with Crippen molar-refractivity contribution in [3.63, 3.8) is 0 Å². The van der Waals surface area contributed by atoms with E-state index >= 15 is 0 Å². The molecule has 1 nitrogen and oxygen atoms in total. The van der Waals surface area contributed by atoms with Crippen LogP contribution in [0.1, 0.15) is 5.56 Å².